The highest BCUT2D eigenvalue weighted by Crippen LogP contribution is 2.30. The van der Waals surface area contributed by atoms with E-state index in [0.29, 0.717) is 6.42 Å². The second-order valence-corrected chi connectivity index (χ2v) is 5.75. The number of halogens is 2. The molecule has 2 rings (SSSR count). The molecule has 0 heterocycles. The van der Waals surface area contributed by atoms with Crippen LogP contribution in [0.4, 0.5) is 4.39 Å². The normalized spacial score (nSPS) is 19.7. The van der Waals surface area contributed by atoms with Crippen LogP contribution in [-0.2, 0) is 6.42 Å². The zero-order valence-electron chi connectivity index (χ0n) is 9.31. The molecule has 1 aromatic carbocycles. The van der Waals surface area contributed by atoms with Crippen molar-refractivity contribution in [2.75, 3.05) is 0 Å². The molecule has 0 radical (unpaired) electrons. The predicted molar refractivity (Wildman–Crippen MR) is 67.8 cm³/mol. The van der Waals surface area contributed by atoms with Crippen molar-refractivity contribution in [3.05, 3.63) is 34.1 Å². The Kier molecular flexibility index (Phi) is 3.65. The van der Waals surface area contributed by atoms with Crippen molar-refractivity contribution in [1.29, 1.82) is 0 Å². The maximum Gasteiger partial charge on any atom is 0.127 e. The molecule has 0 aromatic heterocycles. The molecule has 88 valence electrons. The van der Waals surface area contributed by atoms with Gasteiger partial charge in [-0.2, -0.15) is 0 Å². The van der Waals surface area contributed by atoms with E-state index in [1.165, 1.54) is 25.3 Å². The van der Waals surface area contributed by atoms with E-state index in [9.17, 15) is 4.39 Å². The molecule has 1 aliphatic rings. The average molecular weight is 286 g/mol. The van der Waals surface area contributed by atoms with Gasteiger partial charge >= 0.3 is 0 Å². The van der Waals surface area contributed by atoms with Gasteiger partial charge in [0.15, 0.2) is 0 Å². The highest BCUT2D eigenvalue weighted by Gasteiger charge is 2.28. The standard InChI is InChI=1S/C13H17BrFN/c14-11-5-4-10(12(15)8-11)9-13(16)6-2-1-3-7-13/h4-5,8H,1-3,6-7,9,16H2. The minimum Gasteiger partial charge on any atom is -0.325 e. The van der Waals surface area contributed by atoms with Gasteiger partial charge in [0.05, 0.1) is 0 Å². The van der Waals surface area contributed by atoms with Crippen molar-refractivity contribution in [2.24, 2.45) is 5.73 Å². The quantitative estimate of drug-likeness (QED) is 0.879. The summed E-state index contributed by atoms with van der Waals surface area (Å²) in [4.78, 5) is 0. The summed E-state index contributed by atoms with van der Waals surface area (Å²) in [7, 11) is 0. The lowest BCUT2D eigenvalue weighted by Crippen LogP contribution is -2.43. The van der Waals surface area contributed by atoms with Crippen molar-refractivity contribution in [3.63, 3.8) is 0 Å². The van der Waals surface area contributed by atoms with Crippen molar-refractivity contribution in [3.8, 4) is 0 Å². The molecule has 1 fully saturated rings. The molecular formula is C13H17BrFN. The molecule has 16 heavy (non-hydrogen) atoms. The third-order valence-corrected chi connectivity index (χ3v) is 3.90. The van der Waals surface area contributed by atoms with Crippen LogP contribution in [0.3, 0.4) is 0 Å². The van der Waals surface area contributed by atoms with Gasteiger partial charge in [-0.25, -0.2) is 4.39 Å². The van der Waals surface area contributed by atoms with Crippen LogP contribution in [0.15, 0.2) is 22.7 Å². The van der Waals surface area contributed by atoms with E-state index in [0.717, 1.165) is 22.9 Å². The molecule has 0 aliphatic heterocycles. The summed E-state index contributed by atoms with van der Waals surface area (Å²) >= 11 is 3.26. The van der Waals surface area contributed by atoms with E-state index < -0.39 is 0 Å². The molecule has 0 amide bonds. The SMILES string of the molecule is NC1(Cc2ccc(Br)cc2F)CCCCC1. The number of rotatable bonds is 2. The predicted octanol–water partition coefficient (Wildman–Crippen LogP) is 3.79. The first-order chi connectivity index (χ1) is 7.59. The maximum atomic E-state index is 13.7. The third kappa shape index (κ3) is 2.83. The van der Waals surface area contributed by atoms with E-state index in [1.54, 1.807) is 0 Å². The highest BCUT2D eigenvalue weighted by molar-refractivity contribution is 9.10. The molecule has 0 bridgehead atoms. The topological polar surface area (TPSA) is 26.0 Å². The fraction of sp³-hybridized carbons (Fsp3) is 0.538. The first-order valence-corrected chi connectivity index (χ1v) is 6.61. The Morgan fingerprint density at radius 1 is 1.25 bits per heavy atom. The maximum absolute atomic E-state index is 13.7. The molecule has 1 nitrogen and oxygen atoms in total. The van der Waals surface area contributed by atoms with Crippen LogP contribution in [0.25, 0.3) is 0 Å². The van der Waals surface area contributed by atoms with Crippen LogP contribution < -0.4 is 5.73 Å². The summed E-state index contributed by atoms with van der Waals surface area (Å²) in [5.41, 5.74) is 6.88. The lowest BCUT2D eigenvalue weighted by atomic mass is 9.78. The van der Waals surface area contributed by atoms with Crippen molar-refractivity contribution in [1.82, 2.24) is 0 Å². The molecule has 1 aliphatic carbocycles. The van der Waals surface area contributed by atoms with Crippen LogP contribution in [0, 0.1) is 5.82 Å². The lowest BCUT2D eigenvalue weighted by molar-refractivity contribution is 0.291. The zero-order chi connectivity index (χ0) is 11.6. The van der Waals surface area contributed by atoms with Gasteiger partial charge in [0.25, 0.3) is 0 Å². The van der Waals surface area contributed by atoms with Gasteiger partial charge in [0, 0.05) is 10.0 Å². The summed E-state index contributed by atoms with van der Waals surface area (Å²) in [6.45, 7) is 0. The van der Waals surface area contributed by atoms with Gasteiger partial charge in [0.2, 0.25) is 0 Å². The summed E-state index contributed by atoms with van der Waals surface area (Å²) in [6.07, 6.45) is 6.31. The van der Waals surface area contributed by atoms with Gasteiger partial charge in [-0.3, -0.25) is 0 Å². The Labute approximate surface area is 104 Å². The zero-order valence-corrected chi connectivity index (χ0v) is 10.9. The molecular weight excluding hydrogens is 269 g/mol. The van der Waals surface area contributed by atoms with Crippen molar-refractivity contribution >= 4 is 15.9 Å². The Bertz CT molecular complexity index is 372. The van der Waals surface area contributed by atoms with Crippen LogP contribution in [0.5, 0.6) is 0 Å². The van der Waals surface area contributed by atoms with E-state index in [-0.39, 0.29) is 11.4 Å². The van der Waals surface area contributed by atoms with Gasteiger partial charge in [-0.05, 0) is 37.0 Å². The molecule has 0 atom stereocenters. The molecule has 3 heteroatoms. The summed E-state index contributed by atoms with van der Waals surface area (Å²) in [5.74, 6) is -0.148. The smallest absolute Gasteiger partial charge is 0.127 e. The van der Waals surface area contributed by atoms with Crippen LogP contribution in [0.1, 0.15) is 37.7 Å². The minimum atomic E-state index is -0.188. The summed E-state index contributed by atoms with van der Waals surface area (Å²) in [6, 6.07) is 5.23. The van der Waals surface area contributed by atoms with E-state index >= 15 is 0 Å². The van der Waals surface area contributed by atoms with E-state index in [1.807, 2.05) is 12.1 Å². The largest absolute Gasteiger partial charge is 0.325 e. The van der Waals surface area contributed by atoms with Gasteiger partial charge in [-0.1, -0.05) is 41.3 Å². The fourth-order valence-electron chi connectivity index (χ4n) is 2.48. The van der Waals surface area contributed by atoms with E-state index in [4.69, 9.17) is 5.73 Å². The van der Waals surface area contributed by atoms with Gasteiger partial charge < -0.3 is 5.73 Å². The van der Waals surface area contributed by atoms with Crippen LogP contribution in [0.2, 0.25) is 0 Å². The number of hydrogen-bond acceptors (Lipinski definition) is 1. The highest BCUT2D eigenvalue weighted by atomic mass is 79.9. The number of nitrogens with two attached hydrogens (primary N) is 1. The first kappa shape index (κ1) is 12.1. The van der Waals surface area contributed by atoms with Crippen molar-refractivity contribution < 1.29 is 4.39 Å². The van der Waals surface area contributed by atoms with Gasteiger partial charge in [-0.15, -0.1) is 0 Å². The average Bonchev–Trinajstić information content (AvgIpc) is 2.23. The molecule has 0 spiro atoms. The molecule has 2 N–H and O–H groups in total. The fourth-order valence-corrected chi connectivity index (χ4v) is 2.81. The Morgan fingerprint density at radius 2 is 1.94 bits per heavy atom. The van der Waals surface area contributed by atoms with Crippen molar-refractivity contribution in [2.45, 2.75) is 44.1 Å². The van der Waals surface area contributed by atoms with Gasteiger partial charge in [0.1, 0.15) is 5.82 Å². The monoisotopic (exact) mass is 285 g/mol. The lowest BCUT2D eigenvalue weighted by Gasteiger charge is -2.33. The van der Waals surface area contributed by atoms with E-state index in [2.05, 4.69) is 15.9 Å². The van der Waals surface area contributed by atoms with Crippen LogP contribution in [-0.4, -0.2) is 5.54 Å². The molecule has 1 saturated carbocycles. The Balaban J connectivity index is 2.13. The molecule has 1 aromatic rings. The second kappa shape index (κ2) is 4.84. The summed E-state index contributed by atoms with van der Waals surface area (Å²) in [5, 5.41) is 0. The third-order valence-electron chi connectivity index (χ3n) is 3.41. The van der Waals surface area contributed by atoms with Crippen LogP contribution >= 0.6 is 15.9 Å². The Morgan fingerprint density at radius 3 is 2.56 bits per heavy atom. The second-order valence-electron chi connectivity index (χ2n) is 4.84. The molecule has 0 unspecified atom stereocenters. The molecule has 0 saturated heterocycles. The Hall–Kier alpha value is -0.410. The number of benzene rings is 1. The summed E-state index contributed by atoms with van der Waals surface area (Å²) < 4.78 is 14.5. The minimum absolute atomic E-state index is 0.148. The number of hydrogen-bond donors (Lipinski definition) is 1. The first-order valence-electron chi connectivity index (χ1n) is 5.82.